The van der Waals surface area contributed by atoms with Crippen LogP contribution in [-0.4, -0.2) is 11.5 Å². The second-order valence-corrected chi connectivity index (χ2v) is 5.72. The van der Waals surface area contributed by atoms with E-state index in [1.165, 1.54) is 12.3 Å². The summed E-state index contributed by atoms with van der Waals surface area (Å²) in [7, 11) is 0. The van der Waals surface area contributed by atoms with Gasteiger partial charge in [0.05, 0.1) is 6.20 Å². The molecule has 0 fully saturated rings. The SMILES string of the molecule is CCCNCc1cc(F)cnc1Oc1cc(Br)ccc1C. The third-order valence-corrected chi connectivity index (χ3v) is 3.48. The number of hydrogen-bond donors (Lipinski definition) is 1. The highest BCUT2D eigenvalue weighted by Crippen LogP contribution is 2.29. The van der Waals surface area contributed by atoms with E-state index >= 15 is 0 Å². The van der Waals surface area contributed by atoms with Gasteiger partial charge >= 0.3 is 0 Å². The van der Waals surface area contributed by atoms with Crippen LogP contribution in [0.15, 0.2) is 34.9 Å². The summed E-state index contributed by atoms with van der Waals surface area (Å²) in [6.07, 6.45) is 2.19. The highest BCUT2D eigenvalue weighted by atomic mass is 79.9. The second kappa shape index (κ2) is 7.52. The Balaban J connectivity index is 2.24. The molecular formula is C16H18BrFN2O. The zero-order valence-corrected chi connectivity index (χ0v) is 13.7. The molecule has 1 aromatic carbocycles. The quantitative estimate of drug-likeness (QED) is 0.772. The molecule has 3 nitrogen and oxygen atoms in total. The lowest BCUT2D eigenvalue weighted by molar-refractivity contribution is 0.445. The molecule has 0 radical (unpaired) electrons. The molecular weight excluding hydrogens is 335 g/mol. The summed E-state index contributed by atoms with van der Waals surface area (Å²) in [4.78, 5) is 4.07. The predicted octanol–water partition coefficient (Wildman–Crippen LogP) is 4.58. The minimum Gasteiger partial charge on any atom is -0.438 e. The minimum atomic E-state index is -0.360. The van der Waals surface area contributed by atoms with Crippen molar-refractivity contribution < 1.29 is 9.13 Å². The molecule has 1 N–H and O–H groups in total. The number of nitrogens with zero attached hydrogens (tertiary/aromatic N) is 1. The predicted molar refractivity (Wildman–Crippen MR) is 85.1 cm³/mol. The van der Waals surface area contributed by atoms with Gasteiger partial charge < -0.3 is 10.1 Å². The Bertz CT molecular complexity index is 619. The lowest BCUT2D eigenvalue weighted by Crippen LogP contribution is -2.15. The third-order valence-electron chi connectivity index (χ3n) is 2.99. The molecule has 5 heteroatoms. The summed E-state index contributed by atoms with van der Waals surface area (Å²) in [6.45, 7) is 5.44. The number of halogens is 2. The van der Waals surface area contributed by atoms with Gasteiger partial charge in [0.1, 0.15) is 11.6 Å². The first-order valence-corrected chi connectivity index (χ1v) is 7.68. The van der Waals surface area contributed by atoms with Gasteiger partial charge in [-0.3, -0.25) is 0 Å². The van der Waals surface area contributed by atoms with Crippen LogP contribution in [0.25, 0.3) is 0 Å². The molecule has 0 amide bonds. The molecule has 112 valence electrons. The van der Waals surface area contributed by atoms with E-state index in [2.05, 4.69) is 33.2 Å². The molecule has 2 aromatic rings. The van der Waals surface area contributed by atoms with Crippen LogP contribution in [0.5, 0.6) is 11.6 Å². The Morgan fingerprint density at radius 2 is 2.14 bits per heavy atom. The van der Waals surface area contributed by atoms with Gasteiger partial charge in [0.2, 0.25) is 5.88 Å². The zero-order valence-electron chi connectivity index (χ0n) is 12.1. The highest BCUT2D eigenvalue weighted by molar-refractivity contribution is 9.10. The molecule has 0 saturated heterocycles. The Hall–Kier alpha value is -1.46. The van der Waals surface area contributed by atoms with Gasteiger partial charge in [-0.2, -0.15) is 0 Å². The van der Waals surface area contributed by atoms with E-state index < -0.39 is 0 Å². The maximum Gasteiger partial charge on any atom is 0.223 e. The molecule has 1 heterocycles. The normalized spacial score (nSPS) is 10.7. The van der Waals surface area contributed by atoms with Crippen LogP contribution < -0.4 is 10.1 Å². The van der Waals surface area contributed by atoms with Crippen LogP contribution in [0.4, 0.5) is 4.39 Å². The lowest BCUT2D eigenvalue weighted by Gasteiger charge is -2.12. The van der Waals surface area contributed by atoms with Crippen molar-refractivity contribution in [2.24, 2.45) is 0 Å². The van der Waals surface area contributed by atoms with Crippen molar-refractivity contribution in [1.29, 1.82) is 0 Å². The van der Waals surface area contributed by atoms with Crippen LogP contribution in [0.3, 0.4) is 0 Å². The molecule has 21 heavy (non-hydrogen) atoms. The van der Waals surface area contributed by atoms with Gasteiger partial charge in [-0.05, 0) is 43.7 Å². The Labute approximate surface area is 132 Å². The number of pyridine rings is 1. The third kappa shape index (κ3) is 4.51. The van der Waals surface area contributed by atoms with Crippen LogP contribution in [0.1, 0.15) is 24.5 Å². The van der Waals surface area contributed by atoms with Gasteiger partial charge in [0.25, 0.3) is 0 Å². The van der Waals surface area contributed by atoms with E-state index in [9.17, 15) is 4.39 Å². The number of ether oxygens (including phenoxy) is 1. The van der Waals surface area contributed by atoms with E-state index in [1.54, 1.807) is 0 Å². The number of nitrogens with one attached hydrogen (secondary N) is 1. The van der Waals surface area contributed by atoms with Crippen molar-refractivity contribution >= 4 is 15.9 Å². The van der Waals surface area contributed by atoms with Crippen LogP contribution in [0.2, 0.25) is 0 Å². The smallest absolute Gasteiger partial charge is 0.223 e. The first kappa shape index (κ1) is 15.9. The maximum atomic E-state index is 13.4. The van der Waals surface area contributed by atoms with Crippen molar-refractivity contribution in [3.63, 3.8) is 0 Å². The van der Waals surface area contributed by atoms with Crippen molar-refractivity contribution in [3.05, 3.63) is 51.9 Å². The highest BCUT2D eigenvalue weighted by Gasteiger charge is 2.10. The van der Waals surface area contributed by atoms with Gasteiger partial charge in [-0.15, -0.1) is 0 Å². The van der Waals surface area contributed by atoms with Gasteiger partial charge in [0.15, 0.2) is 0 Å². The average Bonchev–Trinajstić information content (AvgIpc) is 2.46. The van der Waals surface area contributed by atoms with E-state index in [4.69, 9.17) is 4.74 Å². The number of hydrogen-bond acceptors (Lipinski definition) is 3. The van der Waals surface area contributed by atoms with E-state index in [0.717, 1.165) is 23.0 Å². The van der Waals surface area contributed by atoms with Gasteiger partial charge in [0, 0.05) is 16.6 Å². The monoisotopic (exact) mass is 352 g/mol. The Kier molecular flexibility index (Phi) is 5.70. The molecule has 1 aromatic heterocycles. The Morgan fingerprint density at radius 1 is 1.33 bits per heavy atom. The molecule has 0 unspecified atom stereocenters. The fraction of sp³-hybridized carbons (Fsp3) is 0.312. The van der Waals surface area contributed by atoms with Crippen molar-refractivity contribution in [2.45, 2.75) is 26.8 Å². The zero-order chi connectivity index (χ0) is 15.2. The van der Waals surface area contributed by atoms with E-state index in [0.29, 0.717) is 23.7 Å². The minimum absolute atomic E-state index is 0.360. The largest absolute Gasteiger partial charge is 0.438 e. The number of benzene rings is 1. The molecule has 0 spiro atoms. The van der Waals surface area contributed by atoms with Crippen molar-refractivity contribution in [2.75, 3.05) is 6.54 Å². The van der Waals surface area contributed by atoms with Crippen molar-refractivity contribution in [3.8, 4) is 11.6 Å². The number of aromatic nitrogens is 1. The first-order valence-electron chi connectivity index (χ1n) is 6.89. The van der Waals surface area contributed by atoms with Gasteiger partial charge in [-0.1, -0.05) is 28.9 Å². The summed E-state index contributed by atoms with van der Waals surface area (Å²) in [5, 5.41) is 3.23. The average molecular weight is 353 g/mol. The molecule has 0 aliphatic heterocycles. The number of rotatable bonds is 6. The van der Waals surface area contributed by atoms with Crippen LogP contribution >= 0.6 is 15.9 Å². The van der Waals surface area contributed by atoms with Crippen molar-refractivity contribution in [1.82, 2.24) is 10.3 Å². The molecule has 2 rings (SSSR count). The van der Waals surface area contributed by atoms with E-state index in [-0.39, 0.29) is 5.82 Å². The van der Waals surface area contributed by atoms with E-state index in [1.807, 2.05) is 25.1 Å². The second-order valence-electron chi connectivity index (χ2n) is 4.81. The van der Waals surface area contributed by atoms with Crippen LogP contribution in [0, 0.1) is 12.7 Å². The topological polar surface area (TPSA) is 34.2 Å². The standard InChI is InChI=1S/C16H18BrFN2O/c1-3-6-19-9-12-7-14(18)10-20-16(12)21-15-8-13(17)5-4-11(15)2/h4-5,7-8,10,19H,3,6,9H2,1-2H3. The summed E-state index contributed by atoms with van der Waals surface area (Å²) in [6, 6.07) is 7.24. The maximum absolute atomic E-state index is 13.4. The summed E-state index contributed by atoms with van der Waals surface area (Å²) in [5.74, 6) is 0.781. The summed E-state index contributed by atoms with van der Waals surface area (Å²) in [5.41, 5.74) is 1.71. The fourth-order valence-electron chi connectivity index (χ4n) is 1.88. The Morgan fingerprint density at radius 3 is 2.90 bits per heavy atom. The molecule has 0 saturated carbocycles. The molecule has 0 bridgehead atoms. The summed E-state index contributed by atoms with van der Waals surface area (Å²) >= 11 is 3.42. The van der Waals surface area contributed by atoms with Crippen LogP contribution in [-0.2, 0) is 6.54 Å². The lowest BCUT2D eigenvalue weighted by atomic mass is 10.2. The summed E-state index contributed by atoms with van der Waals surface area (Å²) < 4.78 is 20.2. The molecule has 0 aliphatic carbocycles. The molecule has 0 aliphatic rings. The molecule has 0 atom stereocenters. The van der Waals surface area contributed by atoms with Gasteiger partial charge in [-0.25, -0.2) is 9.37 Å². The number of aryl methyl sites for hydroxylation is 1. The first-order chi connectivity index (χ1) is 10.1. The fourth-order valence-corrected chi connectivity index (χ4v) is 2.22.